The van der Waals surface area contributed by atoms with Gasteiger partial charge in [-0.2, -0.15) is 5.10 Å². The highest BCUT2D eigenvalue weighted by Crippen LogP contribution is 2.05. The first-order valence-electron chi connectivity index (χ1n) is 3.73. The van der Waals surface area contributed by atoms with Crippen LogP contribution in [0.4, 0.5) is 0 Å². The summed E-state index contributed by atoms with van der Waals surface area (Å²) in [5.41, 5.74) is 2.49. The van der Waals surface area contributed by atoms with E-state index in [1.165, 1.54) is 11.3 Å². The molecular weight excluding hydrogens is 124 g/mol. The first kappa shape index (κ1) is 7.32. The van der Waals surface area contributed by atoms with E-state index in [4.69, 9.17) is 0 Å². The summed E-state index contributed by atoms with van der Waals surface area (Å²) >= 11 is 0. The van der Waals surface area contributed by atoms with Gasteiger partial charge in [0.1, 0.15) is 6.20 Å². The molecule has 2 nitrogen and oxygen atoms in total. The lowest BCUT2D eigenvalue weighted by Crippen LogP contribution is -2.01. The Bertz CT molecular complexity index is 213. The van der Waals surface area contributed by atoms with Gasteiger partial charge in [-0.3, -0.25) is 4.68 Å². The lowest BCUT2D eigenvalue weighted by Gasteiger charge is -2.00. The normalized spacial score (nSPS) is 10.3. The van der Waals surface area contributed by atoms with E-state index >= 15 is 0 Å². The van der Waals surface area contributed by atoms with E-state index in [1.807, 2.05) is 4.68 Å². The Balaban J connectivity index is 3.01. The highest BCUT2D eigenvalue weighted by atomic mass is 15.3. The van der Waals surface area contributed by atoms with Gasteiger partial charge in [-0.1, -0.05) is 6.92 Å². The highest BCUT2D eigenvalue weighted by molar-refractivity contribution is 5.13. The largest absolute Gasteiger partial charge is 0.269 e. The Morgan fingerprint density at radius 2 is 2.20 bits per heavy atom. The van der Waals surface area contributed by atoms with Gasteiger partial charge in [0.2, 0.25) is 0 Å². The standard InChI is InChI=1S/C8H13N2/c1-4-8-7(3)6-9-10(8)5-2/h4-5H2,1-3H3. The molecule has 10 heavy (non-hydrogen) atoms. The van der Waals surface area contributed by atoms with Gasteiger partial charge in [0.05, 0.1) is 0 Å². The second-order valence-corrected chi connectivity index (χ2v) is 2.35. The summed E-state index contributed by atoms with van der Waals surface area (Å²) in [6, 6.07) is 0. The van der Waals surface area contributed by atoms with Gasteiger partial charge in [-0.05, 0) is 25.8 Å². The molecule has 55 valence electrons. The molecule has 0 atom stereocenters. The number of aryl methyl sites for hydroxylation is 2. The van der Waals surface area contributed by atoms with Crippen molar-refractivity contribution in [2.75, 3.05) is 0 Å². The molecule has 1 aromatic rings. The van der Waals surface area contributed by atoms with E-state index in [0.717, 1.165) is 13.0 Å². The molecule has 0 N–H and O–H groups in total. The molecule has 0 fully saturated rings. The van der Waals surface area contributed by atoms with Crippen molar-refractivity contribution in [1.29, 1.82) is 0 Å². The third-order valence-electron chi connectivity index (χ3n) is 1.72. The fourth-order valence-corrected chi connectivity index (χ4v) is 1.16. The van der Waals surface area contributed by atoms with E-state index in [9.17, 15) is 0 Å². The zero-order chi connectivity index (χ0) is 7.56. The number of hydrogen-bond donors (Lipinski definition) is 0. The predicted octanol–water partition coefficient (Wildman–Crippen LogP) is 1.57. The maximum absolute atomic E-state index is 4.10. The third-order valence-corrected chi connectivity index (χ3v) is 1.72. The maximum Gasteiger partial charge on any atom is 0.116 e. The van der Waals surface area contributed by atoms with Gasteiger partial charge in [0.25, 0.3) is 0 Å². The summed E-state index contributed by atoms with van der Waals surface area (Å²) in [6.07, 6.45) is 4.00. The second kappa shape index (κ2) is 2.86. The van der Waals surface area contributed by atoms with Crippen LogP contribution in [0.5, 0.6) is 0 Å². The maximum atomic E-state index is 4.10. The molecule has 0 saturated carbocycles. The Hall–Kier alpha value is -0.790. The summed E-state index contributed by atoms with van der Waals surface area (Å²) in [5, 5.41) is 4.10. The van der Waals surface area contributed by atoms with Gasteiger partial charge in [-0.25, -0.2) is 0 Å². The molecule has 0 aliphatic rings. The highest BCUT2D eigenvalue weighted by Gasteiger charge is 2.02. The number of aromatic nitrogens is 2. The molecule has 1 aromatic heterocycles. The molecule has 0 aliphatic carbocycles. The lowest BCUT2D eigenvalue weighted by atomic mass is 10.2. The smallest absolute Gasteiger partial charge is 0.116 e. The van der Waals surface area contributed by atoms with Crippen LogP contribution < -0.4 is 0 Å². The van der Waals surface area contributed by atoms with Crippen molar-refractivity contribution in [3.8, 4) is 0 Å². The van der Waals surface area contributed by atoms with Crippen LogP contribution in [-0.4, -0.2) is 9.78 Å². The van der Waals surface area contributed by atoms with Crippen molar-refractivity contribution >= 4 is 0 Å². The number of hydrogen-bond acceptors (Lipinski definition) is 1. The summed E-state index contributed by atoms with van der Waals surface area (Å²) < 4.78 is 2.00. The van der Waals surface area contributed by atoms with Gasteiger partial charge in [-0.15, -0.1) is 0 Å². The van der Waals surface area contributed by atoms with Crippen molar-refractivity contribution in [1.82, 2.24) is 9.78 Å². The molecule has 0 amide bonds. The van der Waals surface area contributed by atoms with Crippen molar-refractivity contribution in [3.05, 3.63) is 17.5 Å². The van der Waals surface area contributed by atoms with E-state index in [-0.39, 0.29) is 0 Å². The Morgan fingerprint density at radius 1 is 1.50 bits per heavy atom. The fraction of sp³-hybridized carbons (Fsp3) is 0.625. The number of rotatable bonds is 2. The second-order valence-electron chi connectivity index (χ2n) is 2.35. The van der Waals surface area contributed by atoms with Crippen LogP contribution in [0.2, 0.25) is 0 Å². The molecule has 2 heteroatoms. The van der Waals surface area contributed by atoms with Gasteiger partial charge < -0.3 is 0 Å². The minimum Gasteiger partial charge on any atom is -0.269 e. The van der Waals surface area contributed by atoms with Gasteiger partial charge in [0.15, 0.2) is 0 Å². The SMILES string of the molecule is CCc1c(C)[c]nn1CC. The van der Waals surface area contributed by atoms with E-state index in [1.54, 1.807) is 0 Å². The first-order valence-corrected chi connectivity index (χ1v) is 3.73. The minimum atomic E-state index is 0.952. The summed E-state index contributed by atoms with van der Waals surface area (Å²) in [4.78, 5) is 0. The third kappa shape index (κ3) is 1.06. The van der Waals surface area contributed by atoms with Crippen molar-refractivity contribution in [3.63, 3.8) is 0 Å². The average Bonchev–Trinajstić information content (AvgIpc) is 2.30. The zero-order valence-electron chi connectivity index (χ0n) is 6.81. The number of nitrogens with zero attached hydrogens (tertiary/aromatic N) is 2. The molecule has 1 radical (unpaired) electrons. The fourth-order valence-electron chi connectivity index (χ4n) is 1.16. The monoisotopic (exact) mass is 137 g/mol. The van der Waals surface area contributed by atoms with E-state index < -0.39 is 0 Å². The lowest BCUT2D eigenvalue weighted by molar-refractivity contribution is 0.624. The first-order chi connectivity index (χ1) is 4.79. The van der Waals surface area contributed by atoms with Crippen LogP contribution in [0, 0.1) is 13.1 Å². The molecule has 0 unspecified atom stereocenters. The topological polar surface area (TPSA) is 17.8 Å². The van der Waals surface area contributed by atoms with Crippen LogP contribution >= 0.6 is 0 Å². The molecule has 0 spiro atoms. The minimum absolute atomic E-state index is 0.952. The summed E-state index contributed by atoms with van der Waals surface area (Å²) in [7, 11) is 0. The van der Waals surface area contributed by atoms with Crippen LogP contribution in [0.25, 0.3) is 0 Å². The van der Waals surface area contributed by atoms with Crippen LogP contribution in [-0.2, 0) is 13.0 Å². The predicted molar refractivity (Wildman–Crippen MR) is 40.9 cm³/mol. The summed E-state index contributed by atoms with van der Waals surface area (Å²) in [6.45, 7) is 7.24. The van der Waals surface area contributed by atoms with Gasteiger partial charge >= 0.3 is 0 Å². The molecule has 0 bridgehead atoms. The summed E-state index contributed by atoms with van der Waals surface area (Å²) in [5.74, 6) is 0. The van der Waals surface area contributed by atoms with Crippen LogP contribution in [0.15, 0.2) is 0 Å². The van der Waals surface area contributed by atoms with Crippen LogP contribution in [0.3, 0.4) is 0 Å². The van der Waals surface area contributed by atoms with Gasteiger partial charge in [0, 0.05) is 12.2 Å². The molecule has 0 aromatic carbocycles. The Kier molecular flexibility index (Phi) is 2.10. The quantitative estimate of drug-likeness (QED) is 0.605. The Morgan fingerprint density at radius 3 is 2.60 bits per heavy atom. The molecule has 1 heterocycles. The van der Waals surface area contributed by atoms with Crippen molar-refractivity contribution < 1.29 is 0 Å². The van der Waals surface area contributed by atoms with E-state index in [0.29, 0.717) is 0 Å². The van der Waals surface area contributed by atoms with E-state index in [2.05, 4.69) is 32.1 Å². The zero-order valence-corrected chi connectivity index (χ0v) is 6.81. The molecule has 0 saturated heterocycles. The Labute approximate surface area is 61.9 Å². The van der Waals surface area contributed by atoms with Crippen LogP contribution in [0.1, 0.15) is 25.1 Å². The van der Waals surface area contributed by atoms with Crippen molar-refractivity contribution in [2.45, 2.75) is 33.7 Å². The average molecular weight is 137 g/mol. The molecule has 0 aliphatic heterocycles. The molecular formula is C8H13N2. The molecule has 1 rings (SSSR count). The van der Waals surface area contributed by atoms with Crippen molar-refractivity contribution in [2.24, 2.45) is 0 Å².